The SMILES string of the molecule is CC(C(=O)N(C)CC(=O)c1ccccc1)C1CCCC1. The molecule has 0 N–H and O–H groups in total. The van der Waals surface area contributed by atoms with E-state index < -0.39 is 0 Å². The zero-order chi connectivity index (χ0) is 14.5. The van der Waals surface area contributed by atoms with E-state index in [1.54, 1.807) is 24.1 Å². The van der Waals surface area contributed by atoms with Gasteiger partial charge in [-0.15, -0.1) is 0 Å². The normalized spacial score (nSPS) is 16.9. The maximum absolute atomic E-state index is 12.4. The molecule has 1 fully saturated rings. The Morgan fingerprint density at radius 2 is 1.80 bits per heavy atom. The first-order valence-corrected chi connectivity index (χ1v) is 7.43. The summed E-state index contributed by atoms with van der Waals surface area (Å²) in [4.78, 5) is 26.1. The Kier molecular flexibility index (Phi) is 4.94. The first-order chi connectivity index (χ1) is 9.59. The van der Waals surface area contributed by atoms with Crippen molar-refractivity contribution in [1.29, 1.82) is 0 Å². The van der Waals surface area contributed by atoms with Crippen LogP contribution in [0.2, 0.25) is 0 Å². The highest BCUT2D eigenvalue weighted by atomic mass is 16.2. The van der Waals surface area contributed by atoms with Crippen LogP contribution in [0.25, 0.3) is 0 Å². The highest BCUT2D eigenvalue weighted by Crippen LogP contribution is 2.31. The number of rotatable bonds is 5. The molecule has 1 amide bonds. The van der Waals surface area contributed by atoms with E-state index in [1.807, 2.05) is 25.1 Å². The highest BCUT2D eigenvalue weighted by molar-refractivity contribution is 5.99. The van der Waals surface area contributed by atoms with Gasteiger partial charge in [-0.1, -0.05) is 50.1 Å². The van der Waals surface area contributed by atoms with Gasteiger partial charge in [0.25, 0.3) is 0 Å². The standard InChI is InChI=1S/C17H23NO2/c1-13(14-8-6-7-9-14)17(20)18(2)12-16(19)15-10-4-3-5-11-15/h3-5,10-11,13-14H,6-9,12H2,1-2H3. The quantitative estimate of drug-likeness (QED) is 0.773. The number of Topliss-reactive ketones (excluding diaryl/α,β-unsaturated/α-hetero) is 1. The zero-order valence-electron chi connectivity index (χ0n) is 12.3. The molecule has 3 heteroatoms. The van der Waals surface area contributed by atoms with Crippen molar-refractivity contribution in [3.63, 3.8) is 0 Å². The molecule has 0 bridgehead atoms. The van der Waals surface area contributed by atoms with E-state index in [9.17, 15) is 9.59 Å². The van der Waals surface area contributed by atoms with Crippen LogP contribution in [-0.2, 0) is 4.79 Å². The molecule has 3 nitrogen and oxygen atoms in total. The van der Waals surface area contributed by atoms with Gasteiger partial charge in [-0.3, -0.25) is 9.59 Å². The average molecular weight is 273 g/mol. The molecule has 108 valence electrons. The lowest BCUT2D eigenvalue weighted by molar-refractivity contribution is -0.134. The fraction of sp³-hybridized carbons (Fsp3) is 0.529. The molecule has 0 spiro atoms. The van der Waals surface area contributed by atoms with Gasteiger partial charge in [-0.25, -0.2) is 0 Å². The number of nitrogens with zero attached hydrogens (tertiary/aromatic N) is 1. The number of amides is 1. The third-order valence-corrected chi connectivity index (χ3v) is 4.35. The Labute approximate surface area is 121 Å². The topological polar surface area (TPSA) is 37.4 Å². The number of benzene rings is 1. The Bertz CT molecular complexity index is 463. The predicted octanol–water partition coefficient (Wildman–Crippen LogP) is 3.15. The Hall–Kier alpha value is -1.64. The van der Waals surface area contributed by atoms with E-state index in [0.717, 1.165) is 12.8 Å². The number of hydrogen-bond donors (Lipinski definition) is 0. The van der Waals surface area contributed by atoms with Crippen molar-refractivity contribution in [3.05, 3.63) is 35.9 Å². The molecule has 1 aliphatic rings. The average Bonchev–Trinajstić information content (AvgIpc) is 3.00. The summed E-state index contributed by atoms with van der Waals surface area (Å²) >= 11 is 0. The lowest BCUT2D eigenvalue weighted by Gasteiger charge is -2.24. The number of ketones is 1. The maximum atomic E-state index is 12.4. The van der Waals surface area contributed by atoms with Gasteiger partial charge in [0, 0.05) is 18.5 Å². The van der Waals surface area contributed by atoms with Crippen molar-refractivity contribution < 1.29 is 9.59 Å². The summed E-state index contributed by atoms with van der Waals surface area (Å²) in [5.74, 6) is 0.629. The fourth-order valence-electron chi connectivity index (χ4n) is 3.02. The van der Waals surface area contributed by atoms with Crippen LogP contribution in [0, 0.1) is 11.8 Å². The van der Waals surface area contributed by atoms with Gasteiger partial charge in [0.15, 0.2) is 5.78 Å². The van der Waals surface area contributed by atoms with Crippen molar-refractivity contribution in [2.45, 2.75) is 32.6 Å². The largest absolute Gasteiger partial charge is 0.338 e. The Morgan fingerprint density at radius 1 is 1.20 bits per heavy atom. The molecule has 1 aromatic carbocycles. The van der Waals surface area contributed by atoms with E-state index >= 15 is 0 Å². The minimum absolute atomic E-state index is 0.0000666. The first kappa shape index (κ1) is 14.8. The van der Waals surface area contributed by atoms with Gasteiger partial charge in [0.2, 0.25) is 5.91 Å². The molecular weight excluding hydrogens is 250 g/mol. The maximum Gasteiger partial charge on any atom is 0.225 e. The lowest BCUT2D eigenvalue weighted by Crippen LogP contribution is -2.37. The first-order valence-electron chi connectivity index (χ1n) is 7.43. The summed E-state index contributed by atoms with van der Waals surface area (Å²) in [5.41, 5.74) is 0.667. The Balaban J connectivity index is 1.92. The van der Waals surface area contributed by atoms with Crippen LogP contribution in [0.1, 0.15) is 43.0 Å². The van der Waals surface area contributed by atoms with Crippen LogP contribution < -0.4 is 0 Å². The monoisotopic (exact) mass is 273 g/mol. The summed E-state index contributed by atoms with van der Waals surface area (Å²) in [7, 11) is 1.73. The lowest BCUT2D eigenvalue weighted by atomic mass is 9.91. The summed E-state index contributed by atoms with van der Waals surface area (Å²) in [5, 5.41) is 0. The molecule has 1 unspecified atom stereocenters. The summed E-state index contributed by atoms with van der Waals surface area (Å²) in [6, 6.07) is 9.16. The Morgan fingerprint density at radius 3 is 2.40 bits per heavy atom. The van der Waals surface area contributed by atoms with E-state index in [2.05, 4.69) is 0 Å². The molecule has 0 aromatic heterocycles. The van der Waals surface area contributed by atoms with Crippen LogP contribution >= 0.6 is 0 Å². The molecule has 0 heterocycles. The molecule has 2 rings (SSSR count). The van der Waals surface area contributed by atoms with Crippen molar-refractivity contribution in [3.8, 4) is 0 Å². The van der Waals surface area contributed by atoms with Crippen LogP contribution in [0.3, 0.4) is 0 Å². The van der Waals surface area contributed by atoms with Crippen molar-refractivity contribution >= 4 is 11.7 Å². The van der Waals surface area contributed by atoms with Crippen LogP contribution in [0.5, 0.6) is 0 Å². The second-order valence-corrected chi connectivity index (χ2v) is 5.82. The predicted molar refractivity (Wildman–Crippen MR) is 79.5 cm³/mol. The van der Waals surface area contributed by atoms with Crippen molar-refractivity contribution in [2.75, 3.05) is 13.6 Å². The molecule has 1 saturated carbocycles. The number of carbonyl (C=O) groups excluding carboxylic acids is 2. The van der Waals surface area contributed by atoms with Crippen molar-refractivity contribution in [2.24, 2.45) is 11.8 Å². The number of carbonyl (C=O) groups is 2. The molecule has 20 heavy (non-hydrogen) atoms. The highest BCUT2D eigenvalue weighted by Gasteiger charge is 2.29. The van der Waals surface area contributed by atoms with Crippen LogP contribution in [0.4, 0.5) is 0 Å². The summed E-state index contributed by atoms with van der Waals surface area (Å²) < 4.78 is 0. The molecule has 1 aliphatic carbocycles. The summed E-state index contributed by atoms with van der Waals surface area (Å²) in [6.07, 6.45) is 4.75. The zero-order valence-corrected chi connectivity index (χ0v) is 12.3. The van der Waals surface area contributed by atoms with Gasteiger partial charge in [0.05, 0.1) is 6.54 Å². The minimum Gasteiger partial charge on any atom is -0.338 e. The second-order valence-electron chi connectivity index (χ2n) is 5.82. The van der Waals surface area contributed by atoms with Crippen LogP contribution in [0.15, 0.2) is 30.3 Å². The van der Waals surface area contributed by atoms with Crippen LogP contribution in [-0.4, -0.2) is 30.2 Å². The second kappa shape index (κ2) is 6.69. The summed E-state index contributed by atoms with van der Waals surface area (Å²) in [6.45, 7) is 2.17. The molecular formula is C17H23NO2. The van der Waals surface area contributed by atoms with E-state index in [0.29, 0.717) is 11.5 Å². The van der Waals surface area contributed by atoms with E-state index in [4.69, 9.17) is 0 Å². The molecule has 1 atom stereocenters. The van der Waals surface area contributed by atoms with Gasteiger partial charge in [0.1, 0.15) is 0 Å². The van der Waals surface area contributed by atoms with Gasteiger partial charge in [-0.05, 0) is 18.8 Å². The molecule has 0 saturated heterocycles. The molecule has 0 radical (unpaired) electrons. The number of likely N-dealkylation sites (N-methyl/N-ethyl adjacent to an activating group) is 1. The van der Waals surface area contributed by atoms with Crippen molar-refractivity contribution in [1.82, 2.24) is 4.90 Å². The van der Waals surface area contributed by atoms with Gasteiger partial charge < -0.3 is 4.90 Å². The smallest absolute Gasteiger partial charge is 0.225 e. The fourth-order valence-corrected chi connectivity index (χ4v) is 3.02. The third-order valence-electron chi connectivity index (χ3n) is 4.35. The van der Waals surface area contributed by atoms with Gasteiger partial charge >= 0.3 is 0 Å². The van der Waals surface area contributed by atoms with E-state index in [-0.39, 0.29) is 24.2 Å². The number of hydrogen-bond acceptors (Lipinski definition) is 2. The van der Waals surface area contributed by atoms with Gasteiger partial charge in [-0.2, -0.15) is 0 Å². The van der Waals surface area contributed by atoms with E-state index in [1.165, 1.54) is 12.8 Å². The minimum atomic E-state index is 0.0000666. The third kappa shape index (κ3) is 3.47. The molecule has 1 aromatic rings. The molecule has 0 aliphatic heterocycles.